The number of methoxy groups -OCH3 is 1. The minimum atomic E-state index is -1.05. The predicted octanol–water partition coefficient (Wildman–Crippen LogP) is 4.66. The summed E-state index contributed by atoms with van der Waals surface area (Å²) in [5.74, 6) is -1.79. The molecule has 0 spiro atoms. The highest BCUT2D eigenvalue weighted by atomic mass is 16.5. The summed E-state index contributed by atoms with van der Waals surface area (Å²) in [6.45, 7) is 0. The SMILES string of the molecule is COc1ccc(C(=O)N/N=C\C23c4ccccc4C(c4ccccc42)[C@@H]2C(=O)N(c4ccccc4)C(=O)[C@@H]23)cc1. The molecule has 3 amide bonds. The van der Waals surface area contributed by atoms with Crippen molar-refractivity contribution in [2.75, 3.05) is 12.0 Å². The van der Waals surface area contributed by atoms with E-state index in [1.54, 1.807) is 49.7 Å². The monoisotopic (exact) mass is 527 g/mol. The lowest BCUT2D eigenvalue weighted by Gasteiger charge is -2.52. The second-order valence-corrected chi connectivity index (χ2v) is 10.3. The number of amides is 3. The van der Waals surface area contributed by atoms with Crippen LogP contribution in [0.4, 0.5) is 5.69 Å². The molecule has 0 saturated carbocycles. The summed E-state index contributed by atoms with van der Waals surface area (Å²) in [6.07, 6.45) is 1.67. The van der Waals surface area contributed by atoms with Gasteiger partial charge in [-0.2, -0.15) is 5.10 Å². The number of benzene rings is 4. The molecule has 4 aromatic carbocycles. The Balaban J connectivity index is 1.37. The van der Waals surface area contributed by atoms with E-state index in [1.807, 2.05) is 66.7 Å². The Labute approximate surface area is 231 Å². The molecule has 0 radical (unpaired) electrons. The predicted molar refractivity (Wildman–Crippen MR) is 150 cm³/mol. The van der Waals surface area contributed by atoms with E-state index in [2.05, 4.69) is 10.5 Å². The van der Waals surface area contributed by atoms with Gasteiger partial charge in [-0.3, -0.25) is 14.4 Å². The van der Waals surface area contributed by atoms with Crippen molar-refractivity contribution < 1.29 is 19.1 Å². The van der Waals surface area contributed by atoms with E-state index in [9.17, 15) is 14.4 Å². The van der Waals surface area contributed by atoms with Crippen LogP contribution < -0.4 is 15.1 Å². The molecule has 8 rings (SSSR count). The largest absolute Gasteiger partial charge is 0.497 e. The number of carbonyl (C=O) groups is 3. The Kier molecular flexibility index (Phi) is 5.42. The molecule has 7 heteroatoms. The summed E-state index contributed by atoms with van der Waals surface area (Å²) < 4.78 is 5.18. The number of anilines is 1. The number of ether oxygens (including phenoxy) is 1. The number of nitrogens with zero attached hydrogens (tertiary/aromatic N) is 2. The van der Waals surface area contributed by atoms with Crippen LogP contribution >= 0.6 is 0 Å². The molecular weight excluding hydrogens is 502 g/mol. The van der Waals surface area contributed by atoms with E-state index in [1.165, 1.54) is 4.90 Å². The third-order valence-corrected chi connectivity index (χ3v) is 8.48. The Bertz CT molecular complexity index is 1650. The van der Waals surface area contributed by atoms with Gasteiger partial charge in [0.15, 0.2) is 0 Å². The van der Waals surface area contributed by atoms with Crippen molar-refractivity contribution in [3.05, 3.63) is 131 Å². The first-order valence-electron chi connectivity index (χ1n) is 13.2. The van der Waals surface area contributed by atoms with Crippen LogP contribution in [0.1, 0.15) is 38.5 Å². The number of hydrazone groups is 1. The van der Waals surface area contributed by atoms with Gasteiger partial charge in [0.25, 0.3) is 5.91 Å². The number of imide groups is 1. The molecule has 3 aliphatic carbocycles. The van der Waals surface area contributed by atoms with Crippen molar-refractivity contribution >= 4 is 29.6 Å². The third-order valence-electron chi connectivity index (χ3n) is 8.48. The second-order valence-electron chi connectivity index (χ2n) is 10.3. The molecule has 196 valence electrons. The van der Waals surface area contributed by atoms with Gasteiger partial charge < -0.3 is 4.74 Å². The van der Waals surface area contributed by atoms with E-state index in [4.69, 9.17) is 4.74 Å². The van der Waals surface area contributed by atoms with Crippen LogP contribution in [-0.2, 0) is 15.0 Å². The van der Waals surface area contributed by atoms with Gasteiger partial charge in [-0.25, -0.2) is 10.3 Å². The standard InChI is InChI=1S/C33H25N3O4/c1-40-22-17-15-20(16-18-22)30(37)35-34-19-33-25-13-7-5-11-23(25)27(24-12-6-8-14-26(24)33)28-29(33)32(39)36(31(28)38)21-9-3-2-4-10-21/h2-19,27-29H,1H3,(H,35,37)/b34-19-/t27?,28-,29+,33?/m0/s1. The van der Waals surface area contributed by atoms with Crippen molar-refractivity contribution in [3.8, 4) is 5.75 Å². The Hall–Kier alpha value is -5.04. The highest BCUT2D eigenvalue weighted by molar-refractivity contribution is 6.25. The van der Waals surface area contributed by atoms with Crippen molar-refractivity contribution in [3.63, 3.8) is 0 Å². The van der Waals surface area contributed by atoms with Crippen LogP contribution in [0.3, 0.4) is 0 Å². The van der Waals surface area contributed by atoms with Crippen LogP contribution in [0, 0.1) is 11.8 Å². The zero-order chi connectivity index (χ0) is 27.4. The molecule has 2 atom stereocenters. The maximum Gasteiger partial charge on any atom is 0.271 e. The van der Waals surface area contributed by atoms with Gasteiger partial charge in [0.2, 0.25) is 11.8 Å². The van der Waals surface area contributed by atoms with Crippen LogP contribution in [0.5, 0.6) is 5.75 Å². The lowest BCUT2D eigenvalue weighted by atomic mass is 9.47. The van der Waals surface area contributed by atoms with Crippen molar-refractivity contribution in [2.45, 2.75) is 11.3 Å². The number of para-hydroxylation sites is 1. The molecule has 1 saturated heterocycles. The molecular formula is C33H25N3O4. The summed E-state index contributed by atoms with van der Waals surface area (Å²) >= 11 is 0. The van der Waals surface area contributed by atoms with E-state index in [0.29, 0.717) is 17.0 Å². The topological polar surface area (TPSA) is 88.1 Å². The number of carbonyl (C=O) groups excluding carboxylic acids is 3. The Morgan fingerprint density at radius 2 is 1.43 bits per heavy atom. The van der Waals surface area contributed by atoms with Gasteiger partial charge in [0.05, 0.1) is 30.0 Å². The van der Waals surface area contributed by atoms with Gasteiger partial charge in [0.1, 0.15) is 5.75 Å². The summed E-state index contributed by atoms with van der Waals surface area (Å²) in [7, 11) is 1.56. The molecule has 7 nitrogen and oxygen atoms in total. The van der Waals surface area contributed by atoms with Gasteiger partial charge in [-0.1, -0.05) is 66.7 Å². The van der Waals surface area contributed by atoms with Crippen LogP contribution in [0.15, 0.2) is 108 Å². The van der Waals surface area contributed by atoms with Crippen molar-refractivity contribution in [1.29, 1.82) is 0 Å². The summed E-state index contributed by atoms with van der Waals surface area (Å²) in [5.41, 5.74) is 6.45. The summed E-state index contributed by atoms with van der Waals surface area (Å²) in [5, 5.41) is 4.46. The molecule has 0 aromatic heterocycles. The molecule has 4 aliphatic rings. The Morgan fingerprint density at radius 3 is 2.05 bits per heavy atom. The first kappa shape index (κ1) is 24.0. The molecule has 4 aromatic rings. The maximum atomic E-state index is 14.3. The second kappa shape index (κ2) is 9.02. The van der Waals surface area contributed by atoms with Crippen molar-refractivity contribution in [2.24, 2.45) is 16.9 Å². The van der Waals surface area contributed by atoms with E-state index < -0.39 is 23.2 Å². The van der Waals surface area contributed by atoms with Gasteiger partial charge in [-0.15, -0.1) is 0 Å². The van der Waals surface area contributed by atoms with Crippen LogP contribution in [-0.4, -0.2) is 31.0 Å². The number of rotatable bonds is 5. The molecule has 1 fully saturated rings. The van der Waals surface area contributed by atoms with Gasteiger partial charge in [-0.05, 0) is 58.7 Å². The van der Waals surface area contributed by atoms with Crippen LogP contribution in [0.2, 0.25) is 0 Å². The van der Waals surface area contributed by atoms with E-state index in [0.717, 1.165) is 22.3 Å². The first-order chi connectivity index (χ1) is 19.6. The van der Waals surface area contributed by atoms with Crippen LogP contribution in [0.25, 0.3) is 0 Å². The minimum absolute atomic E-state index is 0.213. The summed E-state index contributed by atoms with van der Waals surface area (Å²) in [6, 6.07) is 31.7. The number of hydrogen-bond donors (Lipinski definition) is 1. The molecule has 2 bridgehead atoms. The summed E-state index contributed by atoms with van der Waals surface area (Å²) in [4.78, 5) is 42.7. The highest BCUT2D eigenvalue weighted by Gasteiger charge is 2.68. The quantitative estimate of drug-likeness (QED) is 0.232. The molecule has 1 heterocycles. The third kappa shape index (κ3) is 3.24. The smallest absolute Gasteiger partial charge is 0.271 e. The molecule has 1 N–H and O–H groups in total. The Morgan fingerprint density at radius 1 is 0.825 bits per heavy atom. The lowest BCUT2D eigenvalue weighted by molar-refractivity contribution is -0.122. The molecule has 0 unspecified atom stereocenters. The molecule has 40 heavy (non-hydrogen) atoms. The fourth-order valence-electron chi connectivity index (χ4n) is 6.88. The fraction of sp³-hybridized carbons (Fsp3) is 0.152. The zero-order valence-corrected chi connectivity index (χ0v) is 21.7. The van der Waals surface area contributed by atoms with E-state index >= 15 is 0 Å². The lowest BCUT2D eigenvalue weighted by Crippen LogP contribution is -2.54. The van der Waals surface area contributed by atoms with Crippen molar-refractivity contribution in [1.82, 2.24) is 5.43 Å². The normalized spacial score (nSPS) is 24.0. The number of nitrogens with one attached hydrogen (secondary N) is 1. The average Bonchev–Trinajstić information content (AvgIpc) is 3.28. The zero-order valence-electron chi connectivity index (χ0n) is 21.7. The van der Waals surface area contributed by atoms with Gasteiger partial charge in [0, 0.05) is 17.7 Å². The highest BCUT2D eigenvalue weighted by Crippen LogP contribution is 2.63. The minimum Gasteiger partial charge on any atom is -0.497 e. The average molecular weight is 528 g/mol. The maximum absolute atomic E-state index is 14.3. The van der Waals surface area contributed by atoms with Gasteiger partial charge >= 0.3 is 0 Å². The first-order valence-corrected chi connectivity index (χ1v) is 13.2. The fourth-order valence-corrected chi connectivity index (χ4v) is 6.88. The molecule has 1 aliphatic heterocycles. The number of hydrogen-bond acceptors (Lipinski definition) is 5. The van der Waals surface area contributed by atoms with E-state index in [-0.39, 0.29) is 17.7 Å².